The summed E-state index contributed by atoms with van der Waals surface area (Å²) in [4.78, 5) is 0. The van der Waals surface area contributed by atoms with Crippen molar-refractivity contribution in [3.63, 3.8) is 0 Å². The van der Waals surface area contributed by atoms with Gasteiger partial charge in [-0.25, -0.2) is 4.68 Å². The van der Waals surface area contributed by atoms with E-state index in [1.54, 1.807) is 10.9 Å². The Morgan fingerprint density at radius 1 is 0.950 bits per heavy atom. The van der Waals surface area contributed by atoms with Crippen molar-refractivity contribution >= 4 is 12.3 Å². The van der Waals surface area contributed by atoms with Gasteiger partial charge in [0.2, 0.25) is 0 Å². The summed E-state index contributed by atoms with van der Waals surface area (Å²) in [6, 6.07) is 18.5. The first-order valence-electron chi connectivity index (χ1n) is 6.53. The summed E-state index contributed by atoms with van der Waals surface area (Å²) in [7, 11) is 0. The summed E-state index contributed by atoms with van der Waals surface area (Å²) < 4.78 is 1.79. The molecule has 0 N–H and O–H groups in total. The minimum atomic E-state index is 0.981. The Kier molecular flexibility index (Phi) is 3.42. The standard InChI is InChI=1S/C17H15N3/c1-14-7-9-15(10-8-14)11-12-20-17(13-18-19-20)16-5-3-2-4-6-16/h2-13H,1H3/b12-11-. The SMILES string of the molecule is Cc1ccc(/C=C\n2nncc2-c2ccccc2)cc1. The molecule has 3 nitrogen and oxygen atoms in total. The van der Waals surface area contributed by atoms with Crippen LogP contribution < -0.4 is 0 Å². The van der Waals surface area contributed by atoms with E-state index in [2.05, 4.69) is 53.6 Å². The highest BCUT2D eigenvalue weighted by molar-refractivity contribution is 5.66. The van der Waals surface area contributed by atoms with Crippen LogP contribution in [0.25, 0.3) is 23.5 Å². The molecule has 0 unspecified atom stereocenters. The summed E-state index contributed by atoms with van der Waals surface area (Å²) in [5.41, 5.74) is 4.48. The average Bonchev–Trinajstić information content (AvgIpc) is 2.96. The number of nitrogens with zero attached hydrogens (tertiary/aromatic N) is 3. The van der Waals surface area contributed by atoms with Gasteiger partial charge < -0.3 is 0 Å². The van der Waals surface area contributed by atoms with Gasteiger partial charge in [0.1, 0.15) is 0 Å². The number of rotatable bonds is 3. The van der Waals surface area contributed by atoms with E-state index in [0.717, 1.165) is 16.8 Å². The Morgan fingerprint density at radius 3 is 2.45 bits per heavy atom. The summed E-state index contributed by atoms with van der Waals surface area (Å²) in [5.74, 6) is 0. The smallest absolute Gasteiger partial charge is 0.0937 e. The molecule has 0 aliphatic carbocycles. The molecule has 0 aliphatic rings. The van der Waals surface area contributed by atoms with Crippen LogP contribution in [-0.4, -0.2) is 15.0 Å². The fourth-order valence-corrected chi connectivity index (χ4v) is 2.00. The normalized spacial score (nSPS) is 11.1. The Balaban J connectivity index is 1.89. The molecule has 0 aliphatic heterocycles. The van der Waals surface area contributed by atoms with Gasteiger partial charge in [0.15, 0.2) is 0 Å². The van der Waals surface area contributed by atoms with Gasteiger partial charge in [0, 0.05) is 11.8 Å². The molecule has 0 fully saturated rings. The second-order valence-electron chi connectivity index (χ2n) is 4.66. The molecule has 0 spiro atoms. The zero-order chi connectivity index (χ0) is 13.8. The van der Waals surface area contributed by atoms with Crippen LogP contribution in [0.4, 0.5) is 0 Å². The third-order valence-electron chi connectivity index (χ3n) is 3.13. The highest BCUT2D eigenvalue weighted by Gasteiger charge is 2.03. The van der Waals surface area contributed by atoms with E-state index in [-0.39, 0.29) is 0 Å². The Hall–Kier alpha value is -2.68. The lowest BCUT2D eigenvalue weighted by atomic mass is 10.1. The van der Waals surface area contributed by atoms with Crippen LogP contribution in [0.1, 0.15) is 11.1 Å². The molecule has 0 saturated carbocycles. The van der Waals surface area contributed by atoms with Crippen molar-refractivity contribution in [3.05, 3.63) is 71.9 Å². The summed E-state index contributed by atoms with van der Waals surface area (Å²) in [5, 5.41) is 8.09. The quantitative estimate of drug-likeness (QED) is 0.716. The monoisotopic (exact) mass is 261 g/mol. The number of hydrogen-bond donors (Lipinski definition) is 0. The Morgan fingerprint density at radius 2 is 1.70 bits per heavy atom. The van der Waals surface area contributed by atoms with Crippen LogP contribution in [0.3, 0.4) is 0 Å². The lowest BCUT2D eigenvalue weighted by Gasteiger charge is -2.01. The van der Waals surface area contributed by atoms with Crippen LogP contribution in [0.15, 0.2) is 60.8 Å². The Labute approximate surface area is 118 Å². The predicted molar refractivity (Wildman–Crippen MR) is 81.9 cm³/mol. The first-order valence-corrected chi connectivity index (χ1v) is 6.53. The third kappa shape index (κ3) is 2.67. The largest absolute Gasteiger partial charge is 0.220 e. The van der Waals surface area contributed by atoms with Crippen LogP contribution in [-0.2, 0) is 0 Å². The van der Waals surface area contributed by atoms with Gasteiger partial charge in [-0.3, -0.25) is 0 Å². The third-order valence-corrected chi connectivity index (χ3v) is 3.13. The van der Waals surface area contributed by atoms with Crippen molar-refractivity contribution in [1.82, 2.24) is 15.0 Å². The van der Waals surface area contributed by atoms with E-state index < -0.39 is 0 Å². The zero-order valence-electron chi connectivity index (χ0n) is 11.3. The van der Waals surface area contributed by atoms with E-state index in [9.17, 15) is 0 Å². The number of benzene rings is 2. The molecule has 0 bridgehead atoms. The summed E-state index contributed by atoms with van der Waals surface area (Å²) >= 11 is 0. The minimum Gasteiger partial charge on any atom is -0.220 e. The van der Waals surface area contributed by atoms with E-state index in [0.29, 0.717) is 0 Å². The van der Waals surface area contributed by atoms with E-state index in [4.69, 9.17) is 0 Å². The molecular formula is C17H15N3. The van der Waals surface area contributed by atoms with Crippen molar-refractivity contribution in [1.29, 1.82) is 0 Å². The molecule has 0 amide bonds. The number of aryl methyl sites for hydroxylation is 1. The molecule has 1 heterocycles. The van der Waals surface area contributed by atoms with Gasteiger partial charge in [0.05, 0.1) is 11.9 Å². The van der Waals surface area contributed by atoms with Crippen LogP contribution in [0.2, 0.25) is 0 Å². The molecule has 3 heteroatoms. The minimum absolute atomic E-state index is 0.981. The highest BCUT2D eigenvalue weighted by atomic mass is 15.4. The average molecular weight is 261 g/mol. The molecule has 98 valence electrons. The second kappa shape index (κ2) is 5.53. The first kappa shape index (κ1) is 12.4. The lowest BCUT2D eigenvalue weighted by Crippen LogP contribution is -1.92. The van der Waals surface area contributed by atoms with Crippen molar-refractivity contribution < 1.29 is 0 Å². The van der Waals surface area contributed by atoms with Crippen LogP contribution >= 0.6 is 0 Å². The predicted octanol–water partition coefficient (Wildman–Crippen LogP) is 3.88. The molecule has 0 radical (unpaired) electrons. The highest BCUT2D eigenvalue weighted by Crippen LogP contribution is 2.17. The maximum absolute atomic E-state index is 4.11. The number of hydrogen-bond acceptors (Lipinski definition) is 2. The molecule has 2 aromatic carbocycles. The van der Waals surface area contributed by atoms with Crippen LogP contribution in [0.5, 0.6) is 0 Å². The van der Waals surface area contributed by atoms with Gasteiger partial charge in [-0.2, -0.15) is 0 Å². The fourth-order valence-electron chi connectivity index (χ4n) is 2.00. The maximum atomic E-state index is 4.11. The molecule has 3 rings (SSSR count). The van der Waals surface area contributed by atoms with Gasteiger partial charge >= 0.3 is 0 Å². The zero-order valence-corrected chi connectivity index (χ0v) is 11.3. The fraction of sp³-hybridized carbons (Fsp3) is 0.0588. The lowest BCUT2D eigenvalue weighted by molar-refractivity contribution is 0.846. The van der Waals surface area contributed by atoms with Crippen molar-refractivity contribution in [2.45, 2.75) is 6.92 Å². The maximum Gasteiger partial charge on any atom is 0.0937 e. The topological polar surface area (TPSA) is 30.7 Å². The summed E-state index contributed by atoms with van der Waals surface area (Å²) in [6.07, 6.45) is 5.73. The molecular weight excluding hydrogens is 246 g/mol. The van der Waals surface area contributed by atoms with Crippen LogP contribution in [0, 0.1) is 6.92 Å². The molecule has 0 atom stereocenters. The molecule has 20 heavy (non-hydrogen) atoms. The van der Waals surface area contributed by atoms with Gasteiger partial charge in [-0.15, -0.1) is 5.10 Å². The molecule has 1 aromatic heterocycles. The van der Waals surface area contributed by atoms with Gasteiger partial charge in [-0.05, 0) is 18.6 Å². The first-order chi connectivity index (χ1) is 9.83. The Bertz CT molecular complexity index is 710. The second-order valence-corrected chi connectivity index (χ2v) is 4.66. The number of aromatic nitrogens is 3. The molecule has 0 saturated heterocycles. The van der Waals surface area contributed by atoms with E-state index in [1.807, 2.05) is 30.5 Å². The van der Waals surface area contributed by atoms with Crippen molar-refractivity contribution in [3.8, 4) is 11.3 Å². The van der Waals surface area contributed by atoms with E-state index in [1.165, 1.54) is 5.56 Å². The van der Waals surface area contributed by atoms with Crippen molar-refractivity contribution in [2.75, 3.05) is 0 Å². The van der Waals surface area contributed by atoms with Gasteiger partial charge in [0.25, 0.3) is 0 Å². The van der Waals surface area contributed by atoms with Gasteiger partial charge in [-0.1, -0.05) is 65.4 Å². The summed E-state index contributed by atoms with van der Waals surface area (Å²) in [6.45, 7) is 2.08. The van der Waals surface area contributed by atoms with E-state index >= 15 is 0 Å². The van der Waals surface area contributed by atoms with Crippen molar-refractivity contribution in [2.24, 2.45) is 0 Å². The molecule has 3 aromatic rings.